The van der Waals surface area contributed by atoms with Crippen molar-refractivity contribution in [2.75, 3.05) is 33.0 Å². The predicted molar refractivity (Wildman–Crippen MR) is 94.7 cm³/mol. The molecular formula is C18H28BNO4. The van der Waals surface area contributed by atoms with E-state index in [1.165, 1.54) is 0 Å². The molecule has 2 aliphatic heterocycles. The lowest BCUT2D eigenvalue weighted by molar-refractivity contribution is -0.0181. The Hall–Kier alpha value is -1.08. The maximum Gasteiger partial charge on any atom is 0.494 e. The first kappa shape index (κ1) is 17.7. The van der Waals surface area contributed by atoms with Crippen molar-refractivity contribution in [1.29, 1.82) is 0 Å². The van der Waals surface area contributed by atoms with Crippen LogP contribution in [0.4, 0.5) is 0 Å². The van der Waals surface area contributed by atoms with E-state index in [1.807, 2.05) is 24.3 Å². The number of rotatable bonds is 5. The molecule has 2 fully saturated rings. The van der Waals surface area contributed by atoms with Crippen molar-refractivity contribution in [2.45, 2.75) is 45.3 Å². The van der Waals surface area contributed by atoms with E-state index in [0.29, 0.717) is 13.3 Å². The molecule has 1 aromatic rings. The molecule has 0 amide bonds. The molecule has 0 spiro atoms. The fourth-order valence-corrected chi connectivity index (χ4v) is 2.82. The van der Waals surface area contributed by atoms with Crippen LogP contribution < -0.4 is 10.2 Å². The van der Waals surface area contributed by atoms with Gasteiger partial charge in [-0.1, -0.05) is 12.1 Å². The zero-order chi connectivity index (χ0) is 17.2. The minimum atomic E-state index is -0.324. The molecule has 0 radical (unpaired) electrons. The molecule has 132 valence electrons. The maximum atomic E-state index is 6.07. The van der Waals surface area contributed by atoms with E-state index in [4.69, 9.17) is 18.8 Å². The molecule has 2 saturated heterocycles. The van der Waals surface area contributed by atoms with E-state index in [2.05, 4.69) is 32.6 Å². The summed E-state index contributed by atoms with van der Waals surface area (Å²) in [6.45, 7) is 12.5. The Labute approximate surface area is 145 Å². The van der Waals surface area contributed by atoms with Gasteiger partial charge in [-0.3, -0.25) is 4.90 Å². The summed E-state index contributed by atoms with van der Waals surface area (Å²) in [5.74, 6) is 0.869. The van der Waals surface area contributed by atoms with Crippen LogP contribution in [0.2, 0.25) is 0 Å². The zero-order valence-corrected chi connectivity index (χ0v) is 15.2. The number of ether oxygens (including phenoxy) is 2. The van der Waals surface area contributed by atoms with Gasteiger partial charge in [-0.25, -0.2) is 0 Å². The summed E-state index contributed by atoms with van der Waals surface area (Å²) in [4.78, 5) is 2.27. The van der Waals surface area contributed by atoms with Crippen molar-refractivity contribution in [2.24, 2.45) is 0 Å². The van der Waals surface area contributed by atoms with Crippen LogP contribution in [0.1, 0.15) is 34.1 Å². The number of benzene rings is 1. The quantitative estimate of drug-likeness (QED) is 0.772. The van der Waals surface area contributed by atoms with Crippen molar-refractivity contribution in [1.82, 2.24) is 4.90 Å². The standard InChI is InChI=1S/C18H28BNO4/c1-17(2)18(3,4)24-19(23-17)15-6-8-16(9-7-15)22-13-11-20-10-5-12-21-14-20/h6-9H,5,10-14H2,1-4H3. The van der Waals surface area contributed by atoms with E-state index in [9.17, 15) is 0 Å². The minimum Gasteiger partial charge on any atom is -0.492 e. The Bertz CT molecular complexity index is 524. The Balaban J connectivity index is 1.50. The van der Waals surface area contributed by atoms with E-state index in [0.717, 1.165) is 37.3 Å². The van der Waals surface area contributed by atoms with Crippen LogP contribution in [0.5, 0.6) is 5.75 Å². The van der Waals surface area contributed by atoms with E-state index in [1.54, 1.807) is 0 Å². The largest absolute Gasteiger partial charge is 0.494 e. The van der Waals surface area contributed by atoms with Gasteiger partial charge in [0.2, 0.25) is 0 Å². The molecule has 6 heteroatoms. The van der Waals surface area contributed by atoms with Gasteiger partial charge >= 0.3 is 7.12 Å². The van der Waals surface area contributed by atoms with E-state index < -0.39 is 0 Å². The SMILES string of the molecule is CC1(C)OB(c2ccc(OCCN3CCCOC3)cc2)OC1(C)C. The topological polar surface area (TPSA) is 40.2 Å². The average molecular weight is 333 g/mol. The normalized spacial score (nSPS) is 23.4. The molecule has 3 rings (SSSR count). The summed E-state index contributed by atoms with van der Waals surface area (Å²) in [5, 5.41) is 0. The summed E-state index contributed by atoms with van der Waals surface area (Å²) in [5.41, 5.74) is 0.387. The second-order valence-corrected chi connectivity index (χ2v) is 7.51. The second-order valence-electron chi connectivity index (χ2n) is 7.51. The number of hydrogen-bond acceptors (Lipinski definition) is 5. The molecule has 0 unspecified atom stereocenters. The lowest BCUT2D eigenvalue weighted by atomic mass is 9.79. The van der Waals surface area contributed by atoms with Crippen LogP contribution in [0.25, 0.3) is 0 Å². The Morgan fingerprint density at radius 3 is 2.33 bits per heavy atom. The van der Waals surface area contributed by atoms with Crippen molar-refractivity contribution < 1.29 is 18.8 Å². The molecule has 0 bridgehead atoms. The smallest absolute Gasteiger partial charge is 0.492 e. The third kappa shape index (κ3) is 3.94. The third-order valence-electron chi connectivity index (χ3n) is 5.12. The molecule has 0 atom stereocenters. The first-order valence-electron chi connectivity index (χ1n) is 8.76. The van der Waals surface area contributed by atoms with Crippen LogP contribution in [0.3, 0.4) is 0 Å². The highest BCUT2D eigenvalue weighted by Crippen LogP contribution is 2.36. The van der Waals surface area contributed by atoms with Crippen molar-refractivity contribution in [3.8, 4) is 5.75 Å². The summed E-state index contributed by atoms with van der Waals surface area (Å²) < 4.78 is 23.4. The highest BCUT2D eigenvalue weighted by Gasteiger charge is 2.51. The first-order valence-corrected chi connectivity index (χ1v) is 8.76. The molecule has 0 aromatic heterocycles. The van der Waals surface area contributed by atoms with Gasteiger partial charge in [0.1, 0.15) is 12.4 Å². The van der Waals surface area contributed by atoms with Gasteiger partial charge in [0.25, 0.3) is 0 Å². The van der Waals surface area contributed by atoms with Gasteiger partial charge < -0.3 is 18.8 Å². The van der Waals surface area contributed by atoms with E-state index >= 15 is 0 Å². The Morgan fingerprint density at radius 1 is 1.08 bits per heavy atom. The molecular weight excluding hydrogens is 305 g/mol. The molecule has 2 heterocycles. The van der Waals surface area contributed by atoms with Crippen LogP contribution >= 0.6 is 0 Å². The molecule has 0 saturated carbocycles. The summed E-state index contributed by atoms with van der Waals surface area (Å²) in [7, 11) is -0.324. The summed E-state index contributed by atoms with van der Waals surface area (Å²) >= 11 is 0. The van der Waals surface area contributed by atoms with Crippen LogP contribution in [0.15, 0.2) is 24.3 Å². The van der Waals surface area contributed by atoms with E-state index in [-0.39, 0.29) is 18.3 Å². The monoisotopic (exact) mass is 333 g/mol. The van der Waals surface area contributed by atoms with Crippen LogP contribution in [0, 0.1) is 0 Å². The summed E-state index contributed by atoms with van der Waals surface area (Å²) in [6, 6.07) is 7.99. The Kier molecular flexibility index (Phi) is 5.20. The second kappa shape index (κ2) is 7.04. The van der Waals surface area contributed by atoms with Gasteiger partial charge in [-0.15, -0.1) is 0 Å². The van der Waals surface area contributed by atoms with Gasteiger partial charge in [-0.2, -0.15) is 0 Å². The average Bonchev–Trinajstić information content (AvgIpc) is 2.77. The third-order valence-corrected chi connectivity index (χ3v) is 5.12. The Morgan fingerprint density at radius 2 is 1.75 bits per heavy atom. The minimum absolute atomic E-state index is 0.316. The van der Waals surface area contributed by atoms with Gasteiger partial charge in [0.05, 0.1) is 17.9 Å². The lowest BCUT2D eigenvalue weighted by Crippen LogP contribution is -2.41. The number of hydrogen-bond donors (Lipinski definition) is 0. The highest BCUT2D eigenvalue weighted by atomic mass is 16.7. The molecule has 5 nitrogen and oxygen atoms in total. The molecule has 2 aliphatic rings. The van der Waals surface area contributed by atoms with Gasteiger partial charge in [-0.05, 0) is 51.7 Å². The maximum absolute atomic E-state index is 6.07. The van der Waals surface area contributed by atoms with Gasteiger partial charge in [0, 0.05) is 19.7 Å². The lowest BCUT2D eigenvalue weighted by Gasteiger charge is -2.32. The fraction of sp³-hybridized carbons (Fsp3) is 0.667. The molecule has 24 heavy (non-hydrogen) atoms. The molecule has 0 aliphatic carbocycles. The predicted octanol–water partition coefficient (Wildman–Crippen LogP) is 2.04. The van der Waals surface area contributed by atoms with Crippen molar-refractivity contribution in [3.05, 3.63) is 24.3 Å². The fourth-order valence-electron chi connectivity index (χ4n) is 2.82. The van der Waals surface area contributed by atoms with Crippen molar-refractivity contribution in [3.63, 3.8) is 0 Å². The van der Waals surface area contributed by atoms with Gasteiger partial charge in [0.15, 0.2) is 0 Å². The van der Waals surface area contributed by atoms with Crippen molar-refractivity contribution >= 4 is 12.6 Å². The zero-order valence-electron chi connectivity index (χ0n) is 15.2. The molecule has 0 N–H and O–H groups in total. The summed E-state index contributed by atoms with van der Waals surface area (Å²) in [6.07, 6.45) is 1.10. The first-order chi connectivity index (χ1) is 11.4. The van der Waals surface area contributed by atoms with Crippen LogP contribution in [-0.4, -0.2) is 56.3 Å². The highest BCUT2D eigenvalue weighted by molar-refractivity contribution is 6.62. The van der Waals surface area contributed by atoms with Crippen LogP contribution in [-0.2, 0) is 14.0 Å². The molecule has 1 aromatic carbocycles. The number of nitrogens with zero attached hydrogens (tertiary/aromatic N) is 1.